The predicted molar refractivity (Wildman–Crippen MR) is 96.7 cm³/mol. The summed E-state index contributed by atoms with van der Waals surface area (Å²) >= 11 is 0. The summed E-state index contributed by atoms with van der Waals surface area (Å²) in [6.45, 7) is 2.06. The Bertz CT molecular complexity index is 634. The molecule has 4 nitrogen and oxygen atoms in total. The van der Waals surface area contributed by atoms with E-state index in [0.29, 0.717) is 11.5 Å². The van der Waals surface area contributed by atoms with Gasteiger partial charge in [0.2, 0.25) is 5.91 Å². The smallest absolute Gasteiger partial charge is 0.226 e. The monoisotopic (exact) mass is 343 g/mol. The Hall–Kier alpha value is -1.71. The number of rotatable bonds is 5. The van der Waals surface area contributed by atoms with Gasteiger partial charge in [-0.2, -0.15) is 0 Å². The van der Waals surface area contributed by atoms with E-state index in [2.05, 4.69) is 12.2 Å². The molecule has 4 bridgehead atoms. The summed E-state index contributed by atoms with van der Waals surface area (Å²) in [6, 6.07) is 5.84. The number of hydrogen-bond donors (Lipinski definition) is 1. The molecule has 0 heterocycles. The molecular weight excluding hydrogens is 314 g/mol. The van der Waals surface area contributed by atoms with Gasteiger partial charge in [-0.25, -0.2) is 0 Å². The molecule has 0 aromatic heterocycles. The van der Waals surface area contributed by atoms with Gasteiger partial charge in [-0.15, -0.1) is 0 Å². The van der Waals surface area contributed by atoms with Gasteiger partial charge in [0, 0.05) is 5.41 Å². The molecule has 4 heteroatoms. The molecule has 4 saturated carbocycles. The van der Waals surface area contributed by atoms with Crippen LogP contribution in [0.25, 0.3) is 0 Å². The van der Waals surface area contributed by atoms with Crippen LogP contribution >= 0.6 is 0 Å². The fourth-order valence-electron chi connectivity index (χ4n) is 5.94. The van der Waals surface area contributed by atoms with Gasteiger partial charge in [-0.3, -0.25) is 4.79 Å². The first-order valence-corrected chi connectivity index (χ1v) is 9.56. The highest BCUT2D eigenvalue weighted by Crippen LogP contribution is 2.60. The number of methoxy groups -OCH3 is 2. The predicted octanol–water partition coefficient (Wildman–Crippen LogP) is 4.10. The number of carbonyl (C=O) groups excluding carboxylic acids is 1. The first-order chi connectivity index (χ1) is 12.0. The zero-order valence-electron chi connectivity index (χ0n) is 15.5. The summed E-state index contributed by atoms with van der Waals surface area (Å²) in [5, 5.41) is 3.31. The number of hydrogen-bond acceptors (Lipinski definition) is 3. The van der Waals surface area contributed by atoms with Gasteiger partial charge < -0.3 is 14.8 Å². The highest BCUT2D eigenvalue weighted by Gasteiger charge is 2.54. The van der Waals surface area contributed by atoms with Crippen molar-refractivity contribution in [3.05, 3.63) is 23.8 Å². The maximum atomic E-state index is 13.2. The summed E-state index contributed by atoms with van der Waals surface area (Å²) in [5.41, 5.74) is 0.954. The molecule has 25 heavy (non-hydrogen) atoms. The number of benzene rings is 1. The van der Waals surface area contributed by atoms with Crippen LogP contribution in [-0.4, -0.2) is 20.1 Å². The van der Waals surface area contributed by atoms with Crippen molar-refractivity contribution in [2.75, 3.05) is 14.2 Å². The molecule has 136 valence electrons. The number of ether oxygens (including phenoxy) is 2. The summed E-state index contributed by atoms with van der Waals surface area (Å²) < 4.78 is 10.7. The Labute approximate surface area is 150 Å². The van der Waals surface area contributed by atoms with Crippen LogP contribution < -0.4 is 14.8 Å². The zero-order chi connectivity index (χ0) is 17.6. The summed E-state index contributed by atoms with van der Waals surface area (Å²) in [5.74, 6) is 4.05. The van der Waals surface area contributed by atoms with Crippen molar-refractivity contribution in [1.29, 1.82) is 0 Å². The molecule has 1 aromatic rings. The van der Waals surface area contributed by atoms with Gasteiger partial charge in [-0.05, 0) is 80.9 Å². The Kier molecular flexibility index (Phi) is 4.17. The molecule has 1 amide bonds. The van der Waals surface area contributed by atoms with Crippen LogP contribution in [0.3, 0.4) is 0 Å². The molecule has 1 aromatic carbocycles. The minimum atomic E-state index is -0.0977. The van der Waals surface area contributed by atoms with E-state index in [1.165, 1.54) is 19.3 Å². The Morgan fingerprint density at radius 2 is 1.60 bits per heavy atom. The standard InChI is InChI=1S/C21H29NO3/c1-13(17-4-5-18(24-2)19(9-17)25-3)22-20(23)21-10-14-6-15(11-21)8-16(7-14)12-21/h4-5,9,13-16H,6-8,10-12H2,1-3H3,(H,22,23)/t13-,14?,15?,16?,21?/m1/s1. The Morgan fingerprint density at radius 3 is 2.12 bits per heavy atom. The second-order valence-electron chi connectivity index (χ2n) is 8.51. The zero-order valence-corrected chi connectivity index (χ0v) is 15.5. The molecule has 0 spiro atoms. The quantitative estimate of drug-likeness (QED) is 0.876. The third-order valence-corrected chi connectivity index (χ3v) is 6.78. The molecular formula is C21H29NO3. The lowest BCUT2D eigenvalue weighted by molar-refractivity contribution is -0.147. The van der Waals surface area contributed by atoms with E-state index in [1.807, 2.05) is 18.2 Å². The molecule has 0 aliphatic heterocycles. The molecule has 4 aliphatic carbocycles. The molecule has 4 aliphatic rings. The molecule has 1 N–H and O–H groups in total. The van der Waals surface area contributed by atoms with Crippen molar-refractivity contribution in [1.82, 2.24) is 5.32 Å². The van der Waals surface area contributed by atoms with Crippen LogP contribution in [0.1, 0.15) is 57.1 Å². The largest absolute Gasteiger partial charge is 0.493 e. The molecule has 0 saturated heterocycles. The molecule has 0 radical (unpaired) electrons. The van der Waals surface area contributed by atoms with Crippen LogP contribution in [0.5, 0.6) is 11.5 Å². The highest BCUT2D eigenvalue weighted by molar-refractivity contribution is 5.83. The van der Waals surface area contributed by atoms with Crippen molar-refractivity contribution in [3.63, 3.8) is 0 Å². The topological polar surface area (TPSA) is 47.6 Å². The van der Waals surface area contributed by atoms with E-state index in [9.17, 15) is 4.79 Å². The van der Waals surface area contributed by atoms with Crippen LogP contribution in [0, 0.1) is 23.2 Å². The van der Waals surface area contributed by atoms with Crippen molar-refractivity contribution in [2.24, 2.45) is 23.2 Å². The highest BCUT2D eigenvalue weighted by atomic mass is 16.5. The average molecular weight is 343 g/mol. The first-order valence-electron chi connectivity index (χ1n) is 9.56. The second-order valence-corrected chi connectivity index (χ2v) is 8.51. The normalized spacial score (nSPS) is 33.8. The molecule has 0 unspecified atom stereocenters. The fourth-order valence-corrected chi connectivity index (χ4v) is 5.94. The van der Waals surface area contributed by atoms with E-state index in [-0.39, 0.29) is 17.4 Å². The van der Waals surface area contributed by atoms with E-state index in [0.717, 1.165) is 42.6 Å². The summed E-state index contributed by atoms with van der Waals surface area (Å²) in [6.07, 6.45) is 7.38. The Balaban J connectivity index is 1.49. The maximum Gasteiger partial charge on any atom is 0.226 e. The average Bonchev–Trinajstić information content (AvgIpc) is 2.59. The second kappa shape index (κ2) is 6.22. The van der Waals surface area contributed by atoms with Crippen LogP contribution in [0.2, 0.25) is 0 Å². The lowest BCUT2D eigenvalue weighted by Gasteiger charge is -2.55. The Morgan fingerprint density at radius 1 is 1.04 bits per heavy atom. The minimum Gasteiger partial charge on any atom is -0.493 e. The number of carbonyl (C=O) groups is 1. The van der Waals surface area contributed by atoms with E-state index < -0.39 is 0 Å². The van der Waals surface area contributed by atoms with Crippen molar-refractivity contribution < 1.29 is 14.3 Å². The molecule has 4 fully saturated rings. The van der Waals surface area contributed by atoms with Gasteiger partial charge in [0.05, 0.1) is 20.3 Å². The third kappa shape index (κ3) is 2.90. The van der Waals surface area contributed by atoms with Gasteiger partial charge in [-0.1, -0.05) is 6.07 Å². The van der Waals surface area contributed by atoms with Crippen LogP contribution in [0.15, 0.2) is 18.2 Å². The van der Waals surface area contributed by atoms with Gasteiger partial charge in [0.1, 0.15) is 0 Å². The molecule has 1 atom stereocenters. The molecule has 5 rings (SSSR count). The van der Waals surface area contributed by atoms with Crippen molar-refractivity contribution in [3.8, 4) is 11.5 Å². The van der Waals surface area contributed by atoms with Gasteiger partial charge >= 0.3 is 0 Å². The summed E-state index contributed by atoms with van der Waals surface area (Å²) in [4.78, 5) is 13.2. The van der Waals surface area contributed by atoms with Crippen LogP contribution in [-0.2, 0) is 4.79 Å². The first kappa shape index (κ1) is 16.7. The maximum absolute atomic E-state index is 13.2. The van der Waals surface area contributed by atoms with Gasteiger partial charge in [0.15, 0.2) is 11.5 Å². The van der Waals surface area contributed by atoms with E-state index in [1.54, 1.807) is 14.2 Å². The fraction of sp³-hybridized carbons (Fsp3) is 0.667. The van der Waals surface area contributed by atoms with Crippen LogP contribution in [0.4, 0.5) is 0 Å². The minimum absolute atomic E-state index is 0.0275. The lowest BCUT2D eigenvalue weighted by atomic mass is 9.49. The lowest BCUT2D eigenvalue weighted by Crippen LogP contribution is -2.53. The summed E-state index contributed by atoms with van der Waals surface area (Å²) in [7, 11) is 3.27. The van der Waals surface area contributed by atoms with Crippen molar-refractivity contribution >= 4 is 5.91 Å². The van der Waals surface area contributed by atoms with Gasteiger partial charge in [0.25, 0.3) is 0 Å². The SMILES string of the molecule is COc1ccc([C@@H](C)NC(=O)C23CC4CC(CC(C4)C2)C3)cc1OC. The van der Waals surface area contributed by atoms with E-state index >= 15 is 0 Å². The van der Waals surface area contributed by atoms with Crippen molar-refractivity contribution in [2.45, 2.75) is 51.5 Å². The van der Waals surface area contributed by atoms with E-state index in [4.69, 9.17) is 9.47 Å². The third-order valence-electron chi connectivity index (χ3n) is 6.78. The number of amides is 1. The number of nitrogens with one attached hydrogen (secondary N) is 1.